The van der Waals surface area contributed by atoms with E-state index in [1.165, 1.54) is 0 Å². The summed E-state index contributed by atoms with van der Waals surface area (Å²) >= 11 is 1.64. The van der Waals surface area contributed by atoms with Gasteiger partial charge in [0.2, 0.25) is 0 Å². The van der Waals surface area contributed by atoms with Crippen molar-refractivity contribution in [2.75, 3.05) is 5.73 Å². The first-order valence-corrected chi connectivity index (χ1v) is 4.83. The van der Waals surface area contributed by atoms with Crippen LogP contribution in [0.3, 0.4) is 0 Å². The predicted octanol–water partition coefficient (Wildman–Crippen LogP) is 2.75. The van der Waals surface area contributed by atoms with Crippen LogP contribution >= 0.6 is 11.8 Å². The molecule has 1 aromatic heterocycles. The molecule has 0 atom stereocenters. The Morgan fingerprint density at radius 1 is 1.08 bits per heavy atom. The zero-order chi connectivity index (χ0) is 9.10. The molecular formula is C10H10N2S. The first-order chi connectivity index (χ1) is 6.36. The third kappa shape index (κ3) is 1.87. The SMILES string of the molecule is Nc1ccccc1Sc1ccc[nH]1. The summed E-state index contributed by atoms with van der Waals surface area (Å²) in [6, 6.07) is 11.8. The van der Waals surface area contributed by atoms with Crippen LogP contribution in [0.15, 0.2) is 52.5 Å². The summed E-state index contributed by atoms with van der Waals surface area (Å²) in [7, 11) is 0. The molecule has 0 saturated heterocycles. The molecule has 3 N–H and O–H groups in total. The van der Waals surface area contributed by atoms with Crippen LogP contribution in [0.5, 0.6) is 0 Å². The highest BCUT2D eigenvalue weighted by atomic mass is 32.2. The summed E-state index contributed by atoms with van der Waals surface area (Å²) in [4.78, 5) is 4.21. The second-order valence-corrected chi connectivity index (χ2v) is 3.76. The van der Waals surface area contributed by atoms with Crippen LogP contribution < -0.4 is 5.73 Å². The third-order valence-electron chi connectivity index (χ3n) is 1.71. The van der Waals surface area contributed by atoms with Gasteiger partial charge in [0.1, 0.15) is 0 Å². The number of benzene rings is 1. The number of nitrogen functional groups attached to an aromatic ring is 1. The highest BCUT2D eigenvalue weighted by Gasteiger charge is 1.99. The highest BCUT2D eigenvalue weighted by molar-refractivity contribution is 7.99. The molecular weight excluding hydrogens is 180 g/mol. The molecule has 0 saturated carbocycles. The van der Waals surface area contributed by atoms with Gasteiger partial charge in [-0.05, 0) is 24.3 Å². The van der Waals surface area contributed by atoms with E-state index in [4.69, 9.17) is 5.73 Å². The fraction of sp³-hybridized carbons (Fsp3) is 0. The lowest BCUT2D eigenvalue weighted by molar-refractivity contribution is 1.20. The predicted molar refractivity (Wildman–Crippen MR) is 55.8 cm³/mol. The third-order valence-corrected chi connectivity index (χ3v) is 2.77. The Morgan fingerprint density at radius 2 is 1.92 bits per heavy atom. The molecule has 2 aromatic rings. The van der Waals surface area contributed by atoms with Gasteiger partial charge in [0.05, 0.1) is 5.03 Å². The minimum atomic E-state index is 0.821. The summed E-state index contributed by atoms with van der Waals surface area (Å²) < 4.78 is 0. The lowest BCUT2D eigenvalue weighted by atomic mass is 10.3. The number of H-pyrrole nitrogens is 1. The molecule has 0 fully saturated rings. The lowest BCUT2D eigenvalue weighted by Crippen LogP contribution is -1.86. The summed E-state index contributed by atoms with van der Waals surface area (Å²) in [5, 5.41) is 1.11. The molecule has 3 heteroatoms. The van der Waals surface area contributed by atoms with Crippen molar-refractivity contribution in [3.8, 4) is 0 Å². The molecule has 1 heterocycles. The van der Waals surface area contributed by atoms with Gasteiger partial charge in [0, 0.05) is 16.8 Å². The molecule has 0 aliphatic carbocycles. The number of hydrogen-bond donors (Lipinski definition) is 2. The van der Waals surface area contributed by atoms with Crippen LogP contribution in [0.4, 0.5) is 5.69 Å². The monoisotopic (exact) mass is 190 g/mol. The van der Waals surface area contributed by atoms with E-state index in [0.29, 0.717) is 0 Å². The highest BCUT2D eigenvalue weighted by Crippen LogP contribution is 2.30. The molecule has 13 heavy (non-hydrogen) atoms. The van der Waals surface area contributed by atoms with E-state index >= 15 is 0 Å². The van der Waals surface area contributed by atoms with Crippen molar-refractivity contribution in [1.82, 2.24) is 4.98 Å². The number of aromatic nitrogens is 1. The van der Waals surface area contributed by atoms with Crippen molar-refractivity contribution >= 4 is 17.4 Å². The van der Waals surface area contributed by atoms with E-state index in [9.17, 15) is 0 Å². The fourth-order valence-electron chi connectivity index (χ4n) is 1.07. The Bertz CT molecular complexity index is 382. The van der Waals surface area contributed by atoms with E-state index in [2.05, 4.69) is 4.98 Å². The van der Waals surface area contributed by atoms with E-state index in [1.54, 1.807) is 11.8 Å². The van der Waals surface area contributed by atoms with Crippen LogP contribution in [0.2, 0.25) is 0 Å². The summed E-state index contributed by atoms with van der Waals surface area (Å²) in [5.74, 6) is 0. The van der Waals surface area contributed by atoms with Gasteiger partial charge in [0.15, 0.2) is 0 Å². The number of hydrogen-bond acceptors (Lipinski definition) is 2. The van der Waals surface area contributed by atoms with Gasteiger partial charge >= 0.3 is 0 Å². The van der Waals surface area contributed by atoms with Crippen molar-refractivity contribution in [3.63, 3.8) is 0 Å². The zero-order valence-corrected chi connectivity index (χ0v) is 7.84. The van der Waals surface area contributed by atoms with Crippen molar-refractivity contribution in [3.05, 3.63) is 42.6 Å². The minimum absolute atomic E-state index is 0.821. The van der Waals surface area contributed by atoms with Gasteiger partial charge in [-0.2, -0.15) is 0 Å². The van der Waals surface area contributed by atoms with Crippen molar-refractivity contribution in [1.29, 1.82) is 0 Å². The van der Waals surface area contributed by atoms with E-state index in [1.807, 2.05) is 42.6 Å². The van der Waals surface area contributed by atoms with Crippen molar-refractivity contribution in [2.45, 2.75) is 9.92 Å². The summed E-state index contributed by atoms with van der Waals surface area (Å²) in [6.45, 7) is 0. The van der Waals surface area contributed by atoms with Gasteiger partial charge in [-0.15, -0.1) is 0 Å². The summed E-state index contributed by atoms with van der Waals surface area (Å²) in [6.07, 6.45) is 1.90. The Labute approximate surface area is 81.2 Å². The molecule has 2 rings (SSSR count). The maximum atomic E-state index is 5.80. The second kappa shape index (κ2) is 3.58. The normalized spacial score (nSPS) is 10.2. The van der Waals surface area contributed by atoms with Gasteiger partial charge in [-0.3, -0.25) is 0 Å². The second-order valence-electron chi connectivity index (χ2n) is 2.67. The number of nitrogens with two attached hydrogens (primary N) is 1. The van der Waals surface area contributed by atoms with Crippen LogP contribution in [0.1, 0.15) is 0 Å². The maximum absolute atomic E-state index is 5.80. The molecule has 0 unspecified atom stereocenters. The molecule has 66 valence electrons. The van der Waals surface area contributed by atoms with Gasteiger partial charge < -0.3 is 10.7 Å². The number of rotatable bonds is 2. The Kier molecular flexibility index (Phi) is 2.27. The number of anilines is 1. The molecule has 0 bridgehead atoms. The van der Waals surface area contributed by atoms with E-state index in [0.717, 1.165) is 15.6 Å². The summed E-state index contributed by atoms with van der Waals surface area (Å²) in [5.41, 5.74) is 6.62. The Hall–Kier alpha value is -1.35. The van der Waals surface area contributed by atoms with Crippen molar-refractivity contribution < 1.29 is 0 Å². The van der Waals surface area contributed by atoms with Crippen LogP contribution in [-0.2, 0) is 0 Å². The average molecular weight is 190 g/mol. The van der Waals surface area contributed by atoms with Crippen molar-refractivity contribution in [2.24, 2.45) is 0 Å². The maximum Gasteiger partial charge on any atom is 0.0770 e. The molecule has 0 aliphatic rings. The van der Waals surface area contributed by atoms with Gasteiger partial charge in [0.25, 0.3) is 0 Å². The molecule has 0 spiro atoms. The van der Waals surface area contributed by atoms with Crippen LogP contribution in [0, 0.1) is 0 Å². The quantitative estimate of drug-likeness (QED) is 0.715. The fourth-order valence-corrected chi connectivity index (χ4v) is 1.91. The number of nitrogens with one attached hydrogen (secondary N) is 1. The van der Waals surface area contributed by atoms with E-state index < -0.39 is 0 Å². The Balaban J connectivity index is 2.24. The Morgan fingerprint density at radius 3 is 2.62 bits per heavy atom. The van der Waals surface area contributed by atoms with Crippen LogP contribution in [-0.4, -0.2) is 4.98 Å². The first-order valence-electron chi connectivity index (χ1n) is 4.02. The minimum Gasteiger partial charge on any atom is -0.398 e. The number of para-hydroxylation sites is 1. The average Bonchev–Trinajstić information content (AvgIpc) is 2.61. The molecule has 0 amide bonds. The topological polar surface area (TPSA) is 41.8 Å². The molecule has 0 radical (unpaired) electrons. The molecule has 1 aromatic carbocycles. The van der Waals surface area contributed by atoms with E-state index in [-0.39, 0.29) is 0 Å². The molecule has 2 nitrogen and oxygen atoms in total. The first kappa shape index (κ1) is 8.26. The van der Waals surface area contributed by atoms with Gasteiger partial charge in [-0.1, -0.05) is 23.9 Å². The zero-order valence-electron chi connectivity index (χ0n) is 7.03. The standard InChI is InChI=1S/C10H10N2S/c11-8-4-1-2-5-9(8)13-10-6-3-7-12-10/h1-7,12H,11H2. The van der Waals surface area contributed by atoms with Gasteiger partial charge in [-0.25, -0.2) is 0 Å². The largest absolute Gasteiger partial charge is 0.398 e. The lowest BCUT2D eigenvalue weighted by Gasteiger charge is -2.01. The van der Waals surface area contributed by atoms with Crippen LogP contribution in [0.25, 0.3) is 0 Å². The molecule has 0 aliphatic heterocycles. The number of aromatic amines is 1. The smallest absolute Gasteiger partial charge is 0.0770 e.